The largest absolute Gasteiger partial charge is 0.472 e. The number of aliphatic hydroxyl groups is 1. The van der Waals surface area contributed by atoms with Crippen LogP contribution in [0.15, 0.2) is 97.2 Å². The molecule has 0 rings (SSSR count). The lowest BCUT2D eigenvalue weighted by atomic mass is 10.0. The van der Waals surface area contributed by atoms with Gasteiger partial charge in [0.15, 0.2) is 0 Å². The molecule has 9 heteroatoms. The highest BCUT2D eigenvalue weighted by Crippen LogP contribution is 2.43. The molecule has 0 aliphatic rings. The van der Waals surface area contributed by atoms with Crippen molar-refractivity contribution in [1.29, 1.82) is 0 Å². The summed E-state index contributed by atoms with van der Waals surface area (Å²) in [5.74, 6) is -0.191. The molecule has 0 aliphatic carbocycles. The number of phosphoric ester groups is 1. The molecule has 0 heterocycles. The van der Waals surface area contributed by atoms with Crippen LogP contribution in [0.2, 0.25) is 0 Å². The van der Waals surface area contributed by atoms with Crippen molar-refractivity contribution in [3.63, 3.8) is 0 Å². The first-order valence-electron chi connectivity index (χ1n) is 28.1. The summed E-state index contributed by atoms with van der Waals surface area (Å²) >= 11 is 0. The molecule has 0 saturated carbocycles. The zero-order chi connectivity index (χ0) is 50.6. The zero-order valence-corrected chi connectivity index (χ0v) is 46.2. The fourth-order valence-corrected chi connectivity index (χ4v) is 8.38. The van der Waals surface area contributed by atoms with E-state index in [1.165, 1.54) is 128 Å². The molecule has 69 heavy (non-hydrogen) atoms. The number of carbonyl (C=O) groups excluding carboxylic acids is 1. The monoisotopic (exact) mass is 984 g/mol. The van der Waals surface area contributed by atoms with Crippen LogP contribution < -0.4 is 5.32 Å². The fourth-order valence-electron chi connectivity index (χ4n) is 7.65. The molecule has 0 spiro atoms. The molecule has 0 aliphatic heterocycles. The van der Waals surface area contributed by atoms with Crippen molar-refractivity contribution in [3.8, 4) is 0 Å². The van der Waals surface area contributed by atoms with E-state index < -0.39 is 20.0 Å². The molecule has 8 nitrogen and oxygen atoms in total. The van der Waals surface area contributed by atoms with Crippen molar-refractivity contribution >= 4 is 13.7 Å². The van der Waals surface area contributed by atoms with Gasteiger partial charge in [0.25, 0.3) is 0 Å². The molecular weight excluding hydrogens is 876 g/mol. The van der Waals surface area contributed by atoms with Crippen molar-refractivity contribution < 1.29 is 32.9 Å². The van der Waals surface area contributed by atoms with Crippen molar-refractivity contribution in [2.24, 2.45) is 0 Å². The summed E-state index contributed by atoms with van der Waals surface area (Å²) < 4.78 is 23.6. The van der Waals surface area contributed by atoms with Gasteiger partial charge in [0.1, 0.15) is 13.2 Å². The van der Waals surface area contributed by atoms with Gasteiger partial charge in [-0.1, -0.05) is 233 Å². The maximum absolute atomic E-state index is 13.0. The van der Waals surface area contributed by atoms with Crippen LogP contribution in [0.5, 0.6) is 0 Å². The van der Waals surface area contributed by atoms with Gasteiger partial charge in [-0.2, -0.15) is 0 Å². The Morgan fingerprint density at radius 2 is 0.884 bits per heavy atom. The lowest BCUT2D eigenvalue weighted by molar-refractivity contribution is -0.870. The molecule has 398 valence electrons. The number of nitrogens with one attached hydrogen (secondary N) is 1. The lowest BCUT2D eigenvalue weighted by Gasteiger charge is -2.25. The van der Waals surface area contributed by atoms with Crippen LogP contribution in [0.25, 0.3) is 0 Å². The van der Waals surface area contributed by atoms with Crippen LogP contribution in [0.4, 0.5) is 0 Å². The summed E-state index contributed by atoms with van der Waals surface area (Å²) in [6.45, 7) is 4.67. The third-order valence-electron chi connectivity index (χ3n) is 12.0. The van der Waals surface area contributed by atoms with E-state index >= 15 is 0 Å². The number of allylic oxidation sites excluding steroid dienone is 15. The SMILES string of the molecule is CC/C=C\C/C=C\C/C=C\C/C=C\C/C=C\C/C=C\CCCCCCCCCCCCCCCCC(=O)NC(COP(=O)(O)OCC[N+](C)(C)C)C(O)/C=C/CC/C=C/CCCCCCCCCC. The number of aliphatic hydroxyl groups excluding tert-OH is 1. The molecule has 0 aromatic carbocycles. The minimum atomic E-state index is -4.36. The molecule has 1 amide bonds. The van der Waals surface area contributed by atoms with E-state index in [1.54, 1.807) is 6.08 Å². The quantitative estimate of drug-likeness (QED) is 0.0243. The number of hydrogen-bond acceptors (Lipinski definition) is 5. The molecule has 3 unspecified atom stereocenters. The first kappa shape index (κ1) is 66.4. The lowest BCUT2D eigenvalue weighted by Crippen LogP contribution is -2.45. The van der Waals surface area contributed by atoms with Crippen molar-refractivity contribution in [1.82, 2.24) is 5.32 Å². The van der Waals surface area contributed by atoms with Crippen LogP contribution in [-0.4, -0.2) is 73.4 Å². The van der Waals surface area contributed by atoms with E-state index in [0.717, 1.165) is 77.0 Å². The number of rotatable bonds is 50. The Bertz CT molecular complexity index is 1440. The van der Waals surface area contributed by atoms with E-state index in [0.29, 0.717) is 17.4 Å². The minimum Gasteiger partial charge on any atom is -0.387 e. The summed E-state index contributed by atoms with van der Waals surface area (Å²) in [7, 11) is 1.55. The molecular formula is C60H108N2O6P+. The minimum absolute atomic E-state index is 0.0526. The molecule has 0 bridgehead atoms. The highest BCUT2D eigenvalue weighted by Gasteiger charge is 2.27. The summed E-state index contributed by atoms with van der Waals surface area (Å²) in [5, 5.41) is 13.9. The Balaban J connectivity index is 4.13. The Kier molecular flexibility index (Phi) is 48.5. The number of unbranched alkanes of at least 4 members (excludes halogenated alkanes) is 23. The van der Waals surface area contributed by atoms with Gasteiger partial charge in [-0.05, 0) is 83.5 Å². The second-order valence-electron chi connectivity index (χ2n) is 19.9. The summed E-state index contributed by atoms with van der Waals surface area (Å²) in [4.78, 5) is 23.2. The number of hydrogen-bond donors (Lipinski definition) is 3. The van der Waals surface area contributed by atoms with Crippen molar-refractivity contribution in [3.05, 3.63) is 97.2 Å². The van der Waals surface area contributed by atoms with Gasteiger partial charge in [-0.3, -0.25) is 13.8 Å². The maximum atomic E-state index is 13.0. The van der Waals surface area contributed by atoms with Crippen LogP contribution in [0.3, 0.4) is 0 Å². The van der Waals surface area contributed by atoms with Crippen LogP contribution in [0, 0.1) is 0 Å². The van der Waals surface area contributed by atoms with Crippen LogP contribution in [-0.2, 0) is 18.4 Å². The summed E-state index contributed by atoms with van der Waals surface area (Å²) in [6.07, 6.45) is 72.2. The Labute approximate surface area is 426 Å². The third kappa shape index (κ3) is 53.1. The highest BCUT2D eigenvalue weighted by molar-refractivity contribution is 7.47. The molecule has 0 radical (unpaired) electrons. The third-order valence-corrected chi connectivity index (χ3v) is 13.0. The molecule has 0 aromatic heterocycles. The topological polar surface area (TPSA) is 105 Å². The highest BCUT2D eigenvalue weighted by atomic mass is 31.2. The van der Waals surface area contributed by atoms with Gasteiger partial charge in [0.2, 0.25) is 5.91 Å². The fraction of sp³-hybridized carbons (Fsp3) is 0.717. The second kappa shape index (κ2) is 50.4. The maximum Gasteiger partial charge on any atom is 0.472 e. The Morgan fingerprint density at radius 3 is 1.33 bits per heavy atom. The predicted molar refractivity (Wildman–Crippen MR) is 299 cm³/mol. The van der Waals surface area contributed by atoms with E-state index in [2.05, 4.69) is 104 Å². The Hall–Kier alpha value is -2.58. The van der Waals surface area contributed by atoms with E-state index in [9.17, 15) is 19.4 Å². The van der Waals surface area contributed by atoms with Crippen LogP contribution >= 0.6 is 7.82 Å². The second-order valence-corrected chi connectivity index (χ2v) is 21.4. The first-order chi connectivity index (χ1) is 33.5. The number of quaternary nitrogens is 1. The molecule has 3 N–H and O–H groups in total. The van der Waals surface area contributed by atoms with Gasteiger partial charge in [-0.25, -0.2) is 4.57 Å². The van der Waals surface area contributed by atoms with Gasteiger partial charge < -0.3 is 19.8 Å². The van der Waals surface area contributed by atoms with Crippen molar-refractivity contribution in [2.75, 3.05) is 40.9 Å². The van der Waals surface area contributed by atoms with Gasteiger partial charge in [0.05, 0.1) is 39.9 Å². The normalized spacial score (nSPS) is 14.7. The number of carbonyl (C=O) groups is 1. The first-order valence-corrected chi connectivity index (χ1v) is 29.6. The van der Waals surface area contributed by atoms with Crippen molar-refractivity contribution in [2.45, 2.75) is 238 Å². The number of nitrogens with zero attached hydrogens (tertiary/aromatic N) is 1. The van der Waals surface area contributed by atoms with E-state index in [4.69, 9.17) is 9.05 Å². The number of phosphoric acid groups is 1. The number of amides is 1. The summed E-state index contributed by atoms with van der Waals surface area (Å²) in [5.41, 5.74) is 0. The van der Waals surface area contributed by atoms with Gasteiger partial charge in [0, 0.05) is 6.42 Å². The summed E-state index contributed by atoms with van der Waals surface area (Å²) in [6, 6.07) is -0.868. The smallest absolute Gasteiger partial charge is 0.387 e. The standard InChI is InChI=1S/C60H107N2O6P/c1-6-8-10-12-14-16-18-20-22-23-24-25-26-27-28-29-30-31-32-33-34-35-36-37-38-39-40-42-44-46-48-50-52-54-60(64)61-58(57-68-69(65,66)67-56-55-62(3,4)5)59(63)53-51-49-47-45-43-41-21-19-17-15-13-11-9-7-2/h8,10,14,16,20,22,24-25,27-28,30-31,43,45,51,53,58-59,63H,6-7,9,11-13,15,17-19,21,23,26,29,32-42,44,46-50,52,54-57H2,1-5H3,(H-,61,64,65,66)/p+1/b10-8-,16-14-,22-20-,25-24-,28-27-,31-30-,45-43+,53-51+. The van der Waals surface area contributed by atoms with Crippen LogP contribution in [0.1, 0.15) is 226 Å². The van der Waals surface area contributed by atoms with Gasteiger partial charge in [-0.15, -0.1) is 0 Å². The number of likely N-dealkylation sites (N-methyl/N-ethyl adjacent to an activating group) is 1. The molecule has 0 fully saturated rings. The average molecular weight is 985 g/mol. The Morgan fingerprint density at radius 1 is 0.507 bits per heavy atom. The molecule has 0 aromatic rings. The zero-order valence-electron chi connectivity index (χ0n) is 45.3. The predicted octanol–water partition coefficient (Wildman–Crippen LogP) is 17.0. The van der Waals surface area contributed by atoms with E-state index in [1.807, 2.05) is 27.2 Å². The van der Waals surface area contributed by atoms with Gasteiger partial charge >= 0.3 is 7.82 Å². The molecule has 0 saturated heterocycles. The molecule has 3 atom stereocenters. The van der Waals surface area contributed by atoms with E-state index in [-0.39, 0.29) is 19.1 Å². The average Bonchev–Trinajstić information content (AvgIpc) is 3.31.